The Morgan fingerprint density at radius 2 is 2.27 bits per heavy atom. The molecular weight excluding hydrogens is 316 g/mol. The van der Waals surface area contributed by atoms with Crippen molar-refractivity contribution in [3.63, 3.8) is 0 Å². The molecular formula is C15H22N4OS2. The summed E-state index contributed by atoms with van der Waals surface area (Å²) < 4.78 is 2.05. The fraction of sp³-hybridized carbons (Fsp3) is 0.533. The molecule has 0 bridgehead atoms. The van der Waals surface area contributed by atoms with E-state index in [-0.39, 0.29) is 11.9 Å². The number of thiophene rings is 1. The van der Waals surface area contributed by atoms with Crippen LogP contribution in [0.5, 0.6) is 0 Å². The van der Waals surface area contributed by atoms with E-state index in [0.717, 1.165) is 35.2 Å². The summed E-state index contributed by atoms with van der Waals surface area (Å²) in [5.74, 6) is 1.30. The van der Waals surface area contributed by atoms with Crippen molar-refractivity contribution >= 4 is 29.0 Å². The number of hydrogen-bond acceptors (Lipinski definition) is 5. The third-order valence-corrected chi connectivity index (χ3v) is 5.07. The number of rotatable bonds is 8. The van der Waals surface area contributed by atoms with Crippen LogP contribution in [0.4, 0.5) is 0 Å². The van der Waals surface area contributed by atoms with Crippen molar-refractivity contribution in [3.8, 4) is 10.7 Å². The Morgan fingerprint density at radius 3 is 2.91 bits per heavy atom. The van der Waals surface area contributed by atoms with Gasteiger partial charge in [0.2, 0.25) is 5.91 Å². The Labute approximate surface area is 139 Å². The van der Waals surface area contributed by atoms with Gasteiger partial charge in [-0.15, -0.1) is 21.5 Å². The van der Waals surface area contributed by atoms with Crippen LogP contribution in [0.15, 0.2) is 22.7 Å². The third kappa shape index (κ3) is 4.33. The van der Waals surface area contributed by atoms with Crippen LogP contribution < -0.4 is 5.32 Å². The first-order chi connectivity index (χ1) is 10.7. The first-order valence-electron chi connectivity index (χ1n) is 7.54. The number of carbonyl (C=O) groups excluding carboxylic acids is 1. The van der Waals surface area contributed by atoms with Crippen LogP contribution in [0.3, 0.4) is 0 Å². The van der Waals surface area contributed by atoms with Gasteiger partial charge in [-0.25, -0.2) is 0 Å². The van der Waals surface area contributed by atoms with Crippen molar-refractivity contribution in [2.75, 3.05) is 5.75 Å². The van der Waals surface area contributed by atoms with E-state index >= 15 is 0 Å². The van der Waals surface area contributed by atoms with Crippen molar-refractivity contribution < 1.29 is 4.79 Å². The van der Waals surface area contributed by atoms with Gasteiger partial charge in [0.25, 0.3) is 0 Å². The second kappa shape index (κ2) is 8.33. The normalized spacial score (nSPS) is 12.3. The molecule has 0 fully saturated rings. The average Bonchev–Trinajstić information content (AvgIpc) is 3.13. The lowest BCUT2D eigenvalue weighted by Gasteiger charge is -2.12. The number of nitrogens with zero attached hydrogens (tertiary/aromatic N) is 3. The number of amides is 1. The number of carbonyl (C=O) groups is 1. The summed E-state index contributed by atoms with van der Waals surface area (Å²) in [6.07, 6.45) is 2.08. The van der Waals surface area contributed by atoms with Gasteiger partial charge in [-0.05, 0) is 31.7 Å². The summed E-state index contributed by atoms with van der Waals surface area (Å²) in [4.78, 5) is 13.0. The smallest absolute Gasteiger partial charge is 0.230 e. The van der Waals surface area contributed by atoms with Crippen molar-refractivity contribution in [1.29, 1.82) is 0 Å². The highest BCUT2D eigenvalue weighted by molar-refractivity contribution is 7.99. The molecule has 120 valence electrons. The molecule has 2 heterocycles. The highest BCUT2D eigenvalue weighted by Gasteiger charge is 2.15. The largest absolute Gasteiger partial charge is 0.353 e. The first-order valence-corrected chi connectivity index (χ1v) is 9.41. The fourth-order valence-electron chi connectivity index (χ4n) is 2.22. The maximum atomic E-state index is 11.9. The van der Waals surface area contributed by atoms with Crippen LogP contribution >= 0.6 is 23.1 Å². The molecule has 1 unspecified atom stereocenters. The Morgan fingerprint density at radius 1 is 1.45 bits per heavy atom. The minimum atomic E-state index is 0.0503. The molecule has 0 aromatic carbocycles. The zero-order valence-corrected chi connectivity index (χ0v) is 14.8. The lowest BCUT2D eigenvalue weighted by atomic mass is 10.2. The SMILES string of the molecule is CCCC(C)NC(=O)CSc1nnc(-c2cccs2)n1CC. The molecule has 1 atom stereocenters. The monoisotopic (exact) mass is 338 g/mol. The Bertz CT molecular complexity index is 595. The van der Waals surface area contributed by atoms with Crippen LogP contribution in [-0.4, -0.2) is 32.5 Å². The predicted molar refractivity (Wildman–Crippen MR) is 92.2 cm³/mol. The van der Waals surface area contributed by atoms with Crippen molar-refractivity contribution in [2.45, 2.75) is 51.4 Å². The standard InChI is InChI=1S/C15H22N4OS2/c1-4-7-11(3)16-13(20)10-22-15-18-17-14(19(15)5-2)12-8-6-9-21-12/h6,8-9,11H,4-5,7,10H2,1-3H3,(H,16,20). The number of aromatic nitrogens is 3. The maximum Gasteiger partial charge on any atom is 0.230 e. The zero-order chi connectivity index (χ0) is 15.9. The molecule has 2 rings (SSSR count). The van der Waals surface area contributed by atoms with Crippen LogP contribution in [0.25, 0.3) is 10.7 Å². The topological polar surface area (TPSA) is 59.8 Å². The minimum Gasteiger partial charge on any atom is -0.353 e. The van der Waals surface area contributed by atoms with Gasteiger partial charge in [0.15, 0.2) is 11.0 Å². The van der Waals surface area contributed by atoms with Crippen molar-refractivity contribution in [1.82, 2.24) is 20.1 Å². The summed E-state index contributed by atoms with van der Waals surface area (Å²) in [6.45, 7) is 7.01. The molecule has 1 N–H and O–H groups in total. The summed E-state index contributed by atoms with van der Waals surface area (Å²) in [7, 11) is 0. The molecule has 0 aliphatic carbocycles. The molecule has 0 saturated heterocycles. The first kappa shape index (κ1) is 17.0. The summed E-state index contributed by atoms with van der Waals surface area (Å²) in [5, 5.41) is 14.3. The molecule has 0 aliphatic rings. The van der Waals surface area contributed by atoms with E-state index in [1.807, 2.05) is 24.4 Å². The molecule has 0 saturated carbocycles. The van der Waals surface area contributed by atoms with Gasteiger partial charge in [-0.3, -0.25) is 4.79 Å². The van der Waals surface area contributed by atoms with E-state index in [1.54, 1.807) is 11.3 Å². The van der Waals surface area contributed by atoms with E-state index in [2.05, 4.69) is 33.9 Å². The molecule has 0 spiro atoms. The maximum absolute atomic E-state index is 11.9. The van der Waals surface area contributed by atoms with Gasteiger partial charge in [-0.2, -0.15) is 0 Å². The van der Waals surface area contributed by atoms with Crippen molar-refractivity contribution in [2.24, 2.45) is 0 Å². The third-order valence-electron chi connectivity index (χ3n) is 3.24. The zero-order valence-electron chi connectivity index (χ0n) is 13.2. The Kier molecular flexibility index (Phi) is 6.45. The van der Waals surface area contributed by atoms with Gasteiger partial charge in [0.1, 0.15) is 0 Å². The summed E-state index contributed by atoms with van der Waals surface area (Å²) in [6, 6.07) is 4.27. The lowest BCUT2D eigenvalue weighted by Crippen LogP contribution is -2.33. The van der Waals surface area contributed by atoms with E-state index in [0.29, 0.717) is 5.75 Å². The fourth-order valence-corrected chi connectivity index (χ4v) is 3.75. The second-order valence-electron chi connectivity index (χ2n) is 5.07. The molecule has 0 radical (unpaired) electrons. The van der Waals surface area contributed by atoms with Gasteiger partial charge < -0.3 is 9.88 Å². The van der Waals surface area contributed by atoms with Gasteiger partial charge >= 0.3 is 0 Å². The highest BCUT2D eigenvalue weighted by atomic mass is 32.2. The van der Waals surface area contributed by atoms with Crippen LogP contribution in [0.1, 0.15) is 33.6 Å². The number of thioether (sulfide) groups is 1. The van der Waals surface area contributed by atoms with Gasteiger partial charge in [-0.1, -0.05) is 31.2 Å². The molecule has 1 amide bonds. The van der Waals surface area contributed by atoms with Crippen LogP contribution in [-0.2, 0) is 11.3 Å². The molecule has 0 aliphatic heterocycles. The summed E-state index contributed by atoms with van der Waals surface area (Å²) in [5.41, 5.74) is 0. The highest BCUT2D eigenvalue weighted by Crippen LogP contribution is 2.26. The average molecular weight is 339 g/mol. The molecule has 2 aromatic heterocycles. The Hall–Kier alpha value is -1.34. The van der Waals surface area contributed by atoms with Gasteiger partial charge in [0.05, 0.1) is 10.6 Å². The predicted octanol–water partition coefficient (Wildman–Crippen LogP) is 3.42. The van der Waals surface area contributed by atoms with Crippen molar-refractivity contribution in [3.05, 3.63) is 17.5 Å². The molecule has 2 aromatic rings. The number of nitrogens with one attached hydrogen (secondary N) is 1. The minimum absolute atomic E-state index is 0.0503. The van der Waals surface area contributed by atoms with Crippen LogP contribution in [0, 0.1) is 0 Å². The van der Waals surface area contributed by atoms with Crippen LogP contribution in [0.2, 0.25) is 0 Å². The quantitative estimate of drug-likeness (QED) is 0.749. The van der Waals surface area contributed by atoms with Gasteiger partial charge in [0, 0.05) is 12.6 Å². The number of hydrogen-bond donors (Lipinski definition) is 1. The molecule has 7 heteroatoms. The Balaban J connectivity index is 1.97. The van der Waals surface area contributed by atoms with E-state index in [4.69, 9.17) is 0 Å². The van der Waals surface area contributed by atoms with E-state index < -0.39 is 0 Å². The second-order valence-corrected chi connectivity index (χ2v) is 6.96. The molecule has 22 heavy (non-hydrogen) atoms. The van der Waals surface area contributed by atoms with E-state index in [9.17, 15) is 4.79 Å². The lowest BCUT2D eigenvalue weighted by molar-refractivity contribution is -0.119. The molecule has 5 nitrogen and oxygen atoms in total. The summed E-state index contributed by atoms with van der Waals surface area (Å²) >= 11 is 3.09. The van der Waals surface area contributed by atoms with E-state index in [1.165, 1.54) is 11.8 Å².